The van der Waals surface area contributed by atoms with Crippen molar-refractivity contribution < 1.29 is 9.90 Å². The first kappa shape index (κ1) is 19.1. The standard InChI is InChI=1S/C23H24N4O2S/c1-26-14-24-19(25-26)13-27-17-12-18(23(28)29)30-22(17)20(15-8-4-2-5-9-15)21(27)16-10-6-3-7-11-16/h3,6-7,10-12,14-15H,2,4-5,8-9,13H2,1H3,(H,28,29). The Kier molecular flexibility index (Phi) is 4.90. The predicted molar refractivity (Wildman–Crippen MR) is 118 cm³/mol. The largest absolute Gasteiger partial charge is 0.477 e. The SMILES string of the molecule is Cn1cnc(Cn2c(-c3ccccc3)c(C3CCCCC3)c3sc(C(=O)O)cc32)n1. The van der Waals surface area contributed by atoms with Gasteiger partial charge in [-0.05, 0) is 36.0 Å². The monoisotopic (exact) mass is 420 g/mol. The highest BCUT2D eigenvalue weighted by atomic mass is 32.1. The number of aryl methyl sites for hydroxylation is 1. The average Bonchev–Trinajstić information content (AvgIpc) is 3.44. The summed E-state index contributed by atoms with van der Waals surface area (Å²) in [4.78, 5) is 16.6. The Morgan fingerprint density at radius 1 is 1.20 bits per heavy atom. The van der Waals surface area contributed by atoms with Crippen molar-refractivity contribution in [1.29, 1.82) is 0 Å². The van der Waals surface area contributed by atoms with E-state index in [0.717, 1.165) is 34.4 Å². The van der Waals surface area contributed by atoms with Gasteiger partial charge in [-0.25, -0.2) is 9.78 Å². The number of aromatic nitrogens is 4. The van der Waals surface area contributed by atoms with Crippen molar-refractivity contribution in [3.05, 3.63) is 59.0 Å². The lowest BCUT2D eigenvalue weighted by atomic mass is 9.83. The van der Waals surface area contributed by atoms with E-state index in [1.807, 2.05) is 19.2 Å². The molecule has 1 N–H and O–H groups in total. The highest BCUT2D eigenvalue weighted by molar-refractivity contribution is 7.21. The van der Waals surface area contributed by atoms with Gasteiger partial charge >= 0.3 is 5.97 Å². The molecule has 0 unspecified atom stereocenters. The zero-order valence-electron chi connectivity index (χ0n) is 16.9. The number of carboxylic acid groups (broad SMARTS) is 1. The van der Waals surface area contributed by atoms with Gasteiger partial charge in [-0.3, -0.25) is 4.68 Å². The van der Waals surface area contributed by atoms with Crippen LogP contribution in [-0.4, -0.2) is 30.4 Å². The van der Waals surface area contributed by atoms with Gasteiger partial charge in [0.15, 0.2) is 5.82 Å². The summed E-state index contributed by atoms with van der Waals surface area (Å²) < 4.78 is 5.04. The second kappa shape index (κ2) is 7.72. The third-order valence-corrected chi connectivity index (χ3v) is 7.14. The summed E-state index contributed by atoms with van der Waals surface area (Å²) in [6.07, 6.45) is 7.75. The quantitative estimate of drug-likeness (QED) is 0.476. The molecule has 1 saturated carbocycles. The van der Waals surface area contributed by atoms with Gasteiger partial charge in [0, 0.05) is 7.05 Å². The van der Waals surface area contributed by atoms with Crippen LogP contribution in [0.2, 0.25) is 0 Å². The van der Waals surface area contributed by atoms with E-state index in [0.29, 0.717) is 17.3 Å². The minimum absolute atomic E-state index is 0.388. The van der Waals surface area contributed by atoms with E-state index in [1.54, 1.807) is 11.0 Å². The lowest BCUT2D eigenvalue weighted by Crippen LogP contribution is -2.09. The van der Waals surface area contributed by atoms with Crippen molar-refractivity contribution in [2.45, 2.75) is 44.6 Å². The molecule has 30 heavy (non-hydrogen) atoms. The van der Waals surface area contributed by atoms with Crippen LogP contribution in [0.25, 0.3) is 21.5 Å². The van der Waals surface area contributed by atoms with Crippen molar-refractivity contribution in [3.63, 3.8) is 0 Å². The van der Waals surface area contributed by atoms with Crippen LogP contribution in [0.3, 0.4) is 0 Å². The van der Waals surface area contributed by atoms with Gasteiger partial charge in [0.2, 0.25) is 0 Å². The van der Waals surface area contributed by atoms with E-state index < -0.39 is 5.97 Å². The number of aromatic carboxylic acids is 1. The number of carbonyl (C=O) groups is 1. The molecule has 7 heteroatoms. The molecule has 0 aliphatic heterocycles. The van der Waals surface area contributed by atoms with Gasteiger partial charge in [0.05, 0.1) is 22.5 Å². The van der Waals surface area contributed by atoms with Crippen LogP contribution in [0.1, 0.15) is 59.1 Å². The summed E-state index contributed by atoms with van der Waals surface area (Å²) in [5.74, 6) is 0.314. The summed E-state index contributed by atoms with van der Waals surface area (Å²) in [6, 6.07) is 12.3. The van der Waals surface area contributed by atoms with Gasteiger partial charge < -0.3 is 9.67 Å². The van der Waals surface area contributed by atoms with Crippen molar-refractivity contribution in [1.82, 2.24) is 19.3 Å². The Hall–Kier alpha value is -2.93. The van der Waals surface area contributed by atoms with Crippen molar-refractivity contribution in [2.24, 2.45) is 7.05 Å². The Balaban J connectivity index is 1.78. The van der Waals surface area contributed by atoms with E-state index in [4.69, 9.17) is 0 Å². The topological polar surface area (TPSA) is 72.9 Å². The summed E-state index contributed by atoms with van der Waals surface area (Å²) >= 11 is 1.40. The summed E-state index contributed by atoms with van der Waals surface area (Å²) in [5, 5.41) is 14.1. The Morgan fingerprint density at radius 2 is 1.97 bits per heavy atom. The van der Waals surface area contributed by atoms with Gasteiger partial charge in [0.25, 0.3) is 0 Å². The minimum atomic E-state index is -0.866. The zero-order valence-corrected chi connectivity index (χ0v) is 17.7. The molecule has 0 radical (unpaired) electrons. The Morgan fingerprint density at radius 3 is 2.63 bits per heavy atom. The lowest BCUT2D eigenvalue weighted by Gasteiger charge is -2.23. The number of thiophene rings is 1. The van der Waals surface area contributed by atoms with Crippen molar-refractivity contribution >= 4 is 27.5 Å². The van der Waals surface area contributed by atoms with Crippen molar-refractivity contribution in [3.8, 4) is 11.3 Å². The molecule has 0 bridgehead atoms. The second-order valence-electron chi connectivity index (χ2n) is 8.01. The van der Waals surface area contributed by atoms with E-state index >= 15 is 0 Å². The molecule has 6 nitrogen and oxygen atoms in total. The number of benzene rings is 1. The highest BCUT2D eigenvalue weighted by Crippen LogP contribution is 2.46. The smallest absolute Gasteiger partial charge is 0.345 e. The maximum Gasteiger partial charge on any atom is 0.345 e. The normalized spacial score (nSPS) is 15.1. The molecule has 1 aromatic carbocycles. The molecule has 5 rings (SSSR count). The lowest BCUT2D eigenvalue weighted by molar-refractivity contribution is 0.0702. The molecule has 0 amide bonds. The van der Waals surface area contributed by atoms with Gasteiger partial charge in [-0.2, -0.15) is 5.10 Å². The number of hydrogen-bond donors (Lipinski definition) is 1. The fourth-order valence-corrected chi connectivity index (χ4v) is 5.82. The van der Waals surface area contributed by atoms with Gasteiger partial charge in [-0.1, -0.05) is 49.6 Å². The maximum absolute atomic E-state index is 11.8. The molecule has 1 aliphatic rings. The summed E-state index contributed by atoms with van der Waals surface area (Å²) in [5.41, 5.74) is 4.64. The first-order valence-corrected chi connectivity index (χ1v) is 11.2. The Labute approximate surface area is 178 Å². The number of hydrogen-bond acceptors (Lipinski definition) is 4. The van der Waals surface area contributed by atoms with Crippen LogP contribution in [0, 0.1) is 0 Å². The Bertz CT molecular complexity index is 1200. The first-order chi connectivity index (χ1) is 14.6. The van der Waals surface area contributed by atoms with Crippen LogP contribution in [-0.2, 0) is 13.6 Å². The second-order valence-corrected chi connectivity index (χ2v) is 9.07. The fraction of sp³-hybridized carbons (Fsp3) is 0.348. The average molecular weight is 421 g/mol. The molecule has 0 saturated heterocycles. The number of fused-ring (bicyclic) bond motifs is 1. The maximum atomic E-state index is 11.8. The number of nitrogens with zero attached hydrogens (tertiary/aromatic N) is 4. The predicted octanol–water partition coefficient (Wildman–Crippen LogP) is 5.29. The number of carboxylic acids is 1. The summed E-state index contributed by atoms with van der Waals surface area (Å²) in [6.45, 7) is 0.518. The molecule has 1 fully saturated rings. The number of rotatable bonds is 5. The molecule has 0 spiro atoms. The van der Waals surface area contributed by atoms with Crippen LogP contribution in [0.4, 0.5) is 0 Å². The molecular formula is C23H24N4O2S. The molecule has 3 aromatic heterocycles. The third kappa shape index (κ3) is 3.33. The van der Waals surface area contributed by atoms with Crippen molar-refractivity contribution in [2.75, 3.05) is 0 Å². The molecule has 4 aromatic rings. The van der Waals surface area contributed by atoms with E-state index in [1.165, 1.54) is 41.9 Å². The highest BCUT2D eigenvalue weighted by Gasteiger charge is 2.29. The van der Waals surface area contributed by atoms with Gasteiger partial charge in [-0.15, -0.1) is 11.3 Å². The van der Waals surface area contributed by atoms with Crippen LogP contribution in [0.15, 0.2) is 42.7 Å². The van der Waals surface area contributed by atoms with Gasteiger partial charge in [0.1, 0.15) is 11.2 Å². The molecule has 154 valence electrons. The molecule has 3 heterocycles. The van der Waals surface area contributed by atoms with Crippen LogP contribution < -0.4 is 0 Å². The van der Waals surface area contributed by atoms with Crippen LogP contribution >= 0.6 is 11.3 Å². The summed E-state index contributed by atoms with van der Waals surface area (Å²) in [7, 11) is 1.86. The molecule has 0 atom stereocenters. The van der Waals surface area contributed by atoms with Crippen LogP contribution in [0.5, 0.6) is 0 Å². The molecule has 1 aliphatic carbocycles. The third-order valence-electron chi connectivity index (χ3n) is 5.99. The minimum Gasteiger partial charge on any atom is -0.477 e. The van der Waals surface area contributed by atoms with E-state index in [2.05, 4.69) is 38.9 Å². The first-order valence-electron chi connectivity index (χ1n) is 10.4. The van der Waals surface area contributed by atoms with E-state index in [9.17, 15) is 9.90 Å². The fourth-order valence-electron chi connectivity index (χ4n) is 4.69. The zero-order chi connectivity index (χ0) is 20.7. The molecular weight excluding hydrogens is 396 g/mol. The van der Waals surface area contributed by atoms with E-state index in [-0.39, 0.29) is 0 Å².